The molecule has 24 heavy (non-hydrogen) atoms. The highest BCUT2D eigenvalue weighted by molar-refractivity contribution is 5.48. The van der Waals surface area contributed by atoms with Gasteiger partial charge in [-0.3, -0.25) is 4.90 Å². The summed E-state index contributed by atoms with van der Waals surface area (Å²) >= 11 is 0. The zero-order valence-corrected chi connectivity index (χ0v) is 14.2. The second kappa shape index (κ2) is 5.94. The van der Waals surface area contributed by atoms with Crippen molar-refractivity contribution in [3.8, 4) is 17.2 Å². The van der Waals surface area contributed by atoms with Crippen molar-refractivity contribution in [2.45, 2.75) is 45.7 Å². The van der Waals surface area contributed by atoms with Gasteiger partial charge in [0.05, 0.1) is 0 Å². The number of hydrogen-bond donors (Lipinski definition) is 3. The number of rotatable bonds is 2. The first-order valence-electron chi connectivity index (χ1n) is 8.05. The number of hydrogen-bond acceptors (Lipinski definition) is 6. The first-order chi connectivity index (χ1) is 11.2. The molecule has 0 spiro atoms. The second-order valence-corrected chi connectivity index (χ2v) is 7.34. The van der Waals surface area contributed by atoms with E-state index in [4.69, 9.17) is 4.98 Å². The lowest BCUT2D eigenvalue weighted by Crippen LogP contribution is -2.32. The lowest BCUT2D eigenvalue weighted by molar-refractivity contribution is 0.235. The van der Waals surface area contributed by atoms with Crippen molar-refractivity contribution in [3.05, 3.63) is 41.0 Å². The Hall–Kier alpha value is -2.34. The van der Waals surface area contributed by atoms with Gasteiger partial charge in [0.1, 0.15) is 23.1 Å². The lowest BCUT2D eigenvalue weighted by Gasteiger charge is -2.29. The minimum Gasteiger partial charge on any atom is -0.508 e. The molecule has 1 aliphatic rings. The van der Waals surface area contributed by atoms with Crippen LogP contribution in [-0.4, -0.2) is 36.7 Å². The lowest BCUT2D eigenvalue weighted by atomic mass is 9.95. The predicted molar refractivity (Wildman–Crippen MR) is 90.0 cm³/mol. The average molecular weight is 329 g/mol. The third kappa shape index (κ3) is 3.28. The Bertz CT molecular complexity index is 746. The number of benzene rings is 1. The number of aromatic nitrogens is 2. The summed E-state index contributed by atoms with van der Waals surface area (Å²) in [6.07, 6.45) is 2.69. The minimum atomic E-state index is -0.152. The van der Waals surface area contributed by atoms with Crippen LogP contribution in [0.1, 0.15) is 43.4 Å². The van der Waals surface area contributed by atoms with Gasteiger partial charge in [0.25, 0.3) is 0 Å². The minimum absolute atomic E-state index is 0.0736. The number of phenolic OH excluding ortho intramolecular Hbond substituents is 3. The van der Waals surface area contributed by atoms with Gasteiger partial charge in [-0.2, -0.15) is 0 Å². The zero-order valence-electron chi connectivity index (χ0n) is 14.2. The largest absolute Gasteiger partial charge is 0.508 e. The van der Waals surface area contributed by atoms with Crippen molar-refractivity contribution >= 4 is 0 Å². The Labute approximate surface area is 141 Å². The number of aromatic hydroxyl groups is 3. The van der Waals surface area contributed by atoms with Gasteiger partial charge in [0, 0.05) is 66.6 Å². The summed E-state index contributed by atoms with van der Waals surface area (Å²) in [5, 5.41) is 29.3. The molecule has 0 bridgehead atoms. The fraction of sp³-hybridized carbons (Fsp3) is 0.444. The molecule has 1 aromatic carbocycles. The number of nitrogens with zero attached hydrogens (tertiary/aromatic N) is 3. The fourth-order valence-electron chi connectivity index (χ4n) is 2.88. The summed E-state index contributed by atoms with van der Waals surface area (Å²) < 4.78 is 0. The van der Waals surface area contributed by atoms with E-state index in [2.05, 4.69) is 30.7 Å². The highest BCUT2D eigenvalue weighted by atomic mass is 16.3. The van der Waals surface area contributed by atoms with Gasteiger partial charge in [0.15, 0.2) is 0 Å². The molecule has 6 heteroatoms. The van der Waals surface area contributed by atoms with E-state index in [0.717, 1.165) is 30.0 Å². The maximum atomic E-state index is 9.95. The van der Waals surface area contributed by atoms with E-state index in [1.54, 1.807) is 0 Å². The average Bonchev–Trinajstić information content (AvgIpc) is 2.49. The summed E-state index contributed by atoms with van der Waals surface area (Å²) in [4.78, 5) is 11.3. The van der Waals surface area contributed by atoms with Crippen molar-refractivity contribution in [1.82, 2.24) is 14.9 Å². The zero-order chi connectivity index (χ0) is 17.5. The van der Waals surface area contributed by atoms with E-state index in [0.29, 0.717) is 18.7 Å². The van der Waals surface area contributed by atoms with E-state index < -0.39 is 0 Å². The smallest absolute Gasteiger partial charge is 0.133 e. The molecule has 3 rings (SSSR count). The van der Waals surface area contributed by atoms with Crippen molar-refractivity contribution in [3.63, 3.8) is 0 Å². The highest BCUT2D eigenvalue weighted by Crippen LogP contribution is 2.34. The van der Waals surface area contributed by atoms with Crippen LogP contribution >= 0.6 is 0 Å². The van der Waals surface area contributed by atoms with E-state index >= 15 is 0 Å². The maximum absolute atomic E-state index is 9.95. The highest BCUT2D eigenvalue weighted by Gasteiger charge is 2.24. The number of phenols is 3. The topological polar surface area (TPSA) is 89.7 Å². The second-order valence-electron chi connectivity index (χ2n) is 7.34. The predicted octanol–water partition coefficient (Wildman–Crippen LogP) is 2.45. The molecular formula is C18H23N3O3. The van der Waals surface area contributed by atoms with Crippen molar-refractivity contribution in [1.29, 1.82) is 0 Å². The summed E-state index contributed by atoms with van der Waals surface area (Å²) in [5.41, 5.74) is 2.50. The molecular weight excluding hydrogens is 306 g/mol. The third-order valence-electron chi connectivity index (χ3n) is 4.25. The van der Waals surface area contributed by atoms with Crippen LogP contribution < -0.4 is 0 Å². The molecule has 0 unspecified atom stereocenters. The van der Waals surface area contributed by atoms with Crippen LogP contribution in [0.15, 0.2) is 18.3 Å². The molecule has 0 saturated heterocycles. The Balaban J connectivity index is 1.79. The fourth-order valence-corrected chi connectivity index (χ4v) is 2.88. The molecule has 0 radical (unpaired) electrons. The molecule has 0 fully saturated rings. The van der Waals surface area contributed by atoms with Crippen LogP contribution in [0.2, 0.25) is 0 Å². The molecule has 0 amide bonds. The van der Waals surface area contributed by atoms with Crippen LogP contribution in [0.4, 0.5) is 0 Å². The van der Waals surface area contributed by atoms with Gasteiger partial charge in [0.2, 0.25) is 0 Å². The quantitative estimate of drug-likeness (QED) is 0.784. The van der Waals surface area contributed by atoms with Gasteiger partial charge in [-0.1, -0.05) is 20.8 Å². The summed E-state index contributed by atoms with van der Waals surface area (Å²) in [5.74, 6) is 0.500. The van der Waals surface area contributed by atoms with Gasteiger partial charge < -0.3 is 15.3 Å². The first kappa shape index (κ1) is 16.5. The van der Waals surface area contributed by atoms with Gasteiger partial charge in [-0.15, -0.1) is 0 Å². The Kier molecular flexibility index (Phi) is 4.09. The standard InChI is InChI=1S/C18H23N3O3/c1-18(2,3)17-19-8-11-9-21(5-4-14(11)20-17)10-13-15(23)6-12(22)7-16(13)24/h6-8,22-24H,4-5,9-10H2,1-3H3. The third-order valence-corrected chi connectivity index (χ3v) is 4.25. The molecule has 0 saturated carbocycles. The van der Waals surface area contributed by atoms with E-state index in [1.165, 1.54) is 12.1 Å². The maximum Gasteiger partial charge on any atom is 0.133 e. The SMILES string of the molecule is CC(C)(C)c1ncc2c(n1)CCN(Cc1c(O)cc(O)cc1O)C2. The van der Waals surface area contributed by atoms with E-state index in [1.807, 2.05) is 6.20 Å². The molecule has 0 atom stereocenters. The molecule has 2 heterocycles. The van der Waals surface area contributed by atoms with E-state index in [-0.39, 0.29) is 22.7 Å². The Morgan fingerprint density at radius 2 is 1.79 bits per heavy atom. The number of fused-ring (bicyclic) bond motifs is 1. The van der Waals surface area contributed by atoms with Gasteiger partial charge >= 0.3 is 0 Å². The molecule has 1 aromatic heterocycles. The normalized spacial score (nSPS) is 15.3. The first-order valence-corrected chi connectivity index (χ1v) is 8.05. The molecule has 2 aromatic rings. The molecule has 128 valence electrons. The summed E-state index contributed by atoms with van der Waals surface area (Å²) in [6, 6.07) is 2.48. The molecule has 0 aliphatic carbocycles. The van der Waals surface area contributed by atoms with Gasteiger partial charge in [-0.25, -0.2) is 9.97 Å². The summed E-state index contributed by atoms with van der Waals surface area (Å²) in [6.45, 7) is 8.14. The Morgan fingerprint density at radius 1 is 1.12 bits per heavy atom. The molecule has 3 N–H and O–H groups in total. The van der Waals surface area contributed by atoms with Crippen LogP contribution in [0.3, 0.4) is 0 Å². The Morgan fingerprint density at radius 3 is 2.42 bits per heavy atom. The van der Waals surface area contributed by atoms with E-state index in [9.17, 15) is 15.3 Å². The monoisotopic (exact) mass is 329 g/mol. The summed E-state index contributed by atoms with van der Waals surface area (Å²) in [7, 11) is 0. The molecule has 6 nitrogen and oxygen atoms in total. The van der Waals surface area contributed by atoms with Crippen LogP contribution in [0.5, 0.6) is 17.2 Å². The molecule has 1 aliphatic heterocycles. The van der Waals surface area contributed by atoms with Crippen LogP contribution in [0, 0.1) is 0 Å². The van der Waals surface area contributed by atoms with Crippen LogP contribution in [-0.2, 0) is 24.9 Å². The van der Waals surface area contributed by atoms with Crippen molar-refractivity contribution in [2.24, 2.45) is 0 Å². The van der Waals surface area contributed by atoms with Crippen molar-refractivity contribution < 1.29 is 15.3 Å². The van der Waals surface area contributed by atoms with Crippen molar-refractivity contribution in [2.75, 3.05) is 6.54 Å². The van der Waals surface area contributed by atoms with Crippen LogP contribution in [0.25, 0.3) is 0 Å². The van der Waals surface area contributed by atoms with Gasteiger partial charge in [-0.05, 0) is 0 Å².